The van der Waals surface area contributed by atoms with Crippen molar-refractivity contribution < 1.29 is 4.39 Å². The van der Waals surface area contributed by atoms with E-state index < -0.39 is 5.54 Å². The number of nitrogens with two attached hydrogens (primary N) is 1. The Hall–Kier alpha value is -2.17. The Morgan fingerprint density at radius 3 is 2.94 bits per heavy atom. The molecule has 2 N–H and O–H groups in total. The molecule has 1 aromatic carbocycles. The molecule has 1 atom stereocenters. The normalized spacial score (nSPS) is 22.4. The minimum atomic E-state index is -0.675. The maximum absolute atomic E-state index is 13.9. The third kappa shape index (κ3) is 1.51. The number of fused-ring (bicyclic) bond motifs is 1. The quantitative estimate of drug-likeness (QED) is 0.829. The van der Waals surface area contributed by atoms with Crippen LogP contribution in [0.1, 0.15) is 18.2 Å². The van der Waals surface area contributed by atoms with Gasteiger partial charge >= 0.3 is 0 Å². The summed E-state index contributed by atoms with van der Waals surface area (Å²) in [5, 5.41) is 0. The molecule has 0 saturated carbocycles. The number of nitrogens with zero attached hydrogens (tertiary/aromatic N) is 3. The molecule has 1 aliphatic heterocycles. The highest BCUT2D eigenvalue weighted by Crippen LogP contribution is 2.33. The summed E-state index contributed by atoms with van der Waals surface area (Å²) in [7, 11) is 0. The number of aliphatic imine (C=N–C) groups is 1. The second kappa shape index (κ2) is 3.66. The predicted molar refractivity (Wildman–Crippen MR) is 66.7 cm³/mol. The van der Waals surface area contributed by atoms with E-state index >= 15 is 0 Å². The molecule has 0 aliphatic carbocycles. The first kappa shape index (κ1) is 11.0. The van der Waals surface area contributed by atoms with Gasteiger partial charge in [-0.2, -0.15) is 0 Å². The minimum Gasteiger partial charge on any atom is -0.369 e. The van der Waals surface area contributed by atoms with Crippen LogP contribution in [0.5, 0.6) is 0 Å². The highest BCUT2D eigenvalue weighted by atomic mass is 19.1. The summed E-state index contributed by atoms with van der Waals surface area (Å²) >= 11 is 0. The topological polar surface area (TPSA) is 56.2 Å². The van der Waals surface area contributed by atoms with Crippen molar-refractivity contribution in [2.75, 3.05) is 0 Å². The molecule has 1 unspecified atom stereocenters. The van der Waals surface area contributed by atoms with Crippen LogP contribution in [-0.2, 0) is 12.0 Å². The molecule has 0 fully saturated rings. The van der Waals surface area contributed by atoms with E-state index in [0.29, 0.717) is 17.9 Å². The number of halogens is 1. The van der Waals surface area contributed by atoms with Crippen molar-refractivity contribution in [2.24, 2.45) is 10.7 Å². The van der Waals surface area contributed by atoms with Gasteiger partial charge in [0.2, 0.25) is 5.96 Å². The van der Waals surface area contributed by atoms with Crippen LogP contribution < -0.4 is 5.73 Å². The van der Waals surface area contributed by atoms with Crippen molar-refractivity contribution in [2.45, 2.75) is 18.9 Å². The molecule has 0 spiro atoms. The maximum Gasteiger partial charge on any atom is 0.201 e. The third-order valence-corrected chi connectivity index (χ3v) is 3.30. The minimum absolute atomic E-state index is 0.260. The summed E-state index contributed by atoms with van der Waals surface area (Å²) < 4.78 is 15.6. The molecule has 3 rings (SSSR count). The van der Waals surface area contributed by atoms with Gasteiger partial charge in [-0.05, 0) is 13.0 Å². The van der Waals surface area contributed by atoms with Gasteiger partial charge in [-0.3, -0.25) is 4.57 Å². The Bertz CT molecular complexity index is 631. The van der Waals surface area contributed by atoms with E-state index in [1.54, 1.807) is 35.3 Å². The molecule has 1 aliphatic rings. The van der Waals surface area contributed by atoms with Crippen molar-refractivity contribution in [3.8, 4) is 0 Å². The van der Waals surface area contributed by atoms with Gasteiger partial charge in [0.1, 0.15) is 12.1 Å². The monoisotopic (exact) mass is 244 g/mol. The molecular weight excluding hydrogens is 231 g/mol. The lowest BCUT2D eigenvalue weighted by Gasteiger charge is -2.30. The van der Waals surface area contributed by atoms with E-state index in [0.717, 1.165) is 5.69 Å². The maximum atomic E-state index is 13.9. The fourth-order valence-electron chi connectivity index (χ4n) is 2.41. The average Bonchev–Trinajstić information content (AvgIpc) is 2.77. The van der Waals surface area contributed by atoms with E-state index in [1.165, 1.54) is 6.07 Å². The standard InChI is InChI=1S/C13H13FN4/c1-13(10-4-2-3-5-11(10)14)6-9-7-16-8-18(9)12(15)17-13/h2-5,7-8H,6H2,1H3,(H2,15,17). The summed E-state index contributed by atoms with van der Waals surface area (Å²) in [4.78, 5) is 8.48. The van der Waals surface area contributed by atoms with Crippen molar-refractivity contribution >= 4 is 5.96 Å². The zero-order chi connectivity index (χ0) is 12.8. The van der Waals surface area contributed by atoms with Crippen LogP contribution >= 0.6 is 0 Å². The first-order chi connectivity index (χ1) is 8.60. The molecule has 0 bridgehead atoms. The van der Waals surface area contributed by atoms with Crippen LogP contribution in [-0.4, -0.2) is 15.5 Å². The molecule has 5 heteroatoms. The second-order valence-electron chi connectivity index (χ2n) is 4.66. The number of aromatic nitrogens is 2. The molecule has 4 nitrogen and oxygen atoms in total. The SMILES string of the molecule is CC1(c2ccccc2F)Cc2cncn2C(N)=N1. The van der Waals surface area contributed by atoms with Crippen molar-refractivity contribution in [3.63, 3.8) is 0 Å². The number of hydrogen-bond acceptors (Lipinski definition) is 3. The summed E-state index contributed by atoms with van der Waals surface area (Å²) in [5.74, 6) is 0.0871. The van der Waals surface area contributed by atoms with Gasteiger partial charge in [0, 0.05) is 23.9 Å². The number of benzene rings is 1. The Morgan fingerprint density at radius 1 is 1.39 bits per heavy atom. The van der Waals surface area contributed by atoms with Crippen LogP contribution in [0.15, 0.2) is 41.8 Å². The fourth-order valence-corrected chi connectivity index (χ4v) is 2.41. The van der Waals surface area contributed by atoms with Gasteiger partial charge in [0.25, 0.3) is 0 Å². The van der Waals surface area contributed by atoms with Crippen molar-refractivity contribution in [1.29, 1.82) is 0 Å². The number of imidazole rings is 1. The van der Waals surface area contributed by atoms with Crippen LogP contribution in [0, 0.1) is 5.82 Å². The van der Waals surface area contributed by atoms with E-state index in [4.69, 9.17) is 5.73 Å². The lowest BCUT2D eigenvalue weighted by molar-refractivity contribution is 0.440. The zero-order valence-corrected chi connectivity index (χ0v) is 9.97. The average molecular weight is 244 g/mol. The highest BCUT2D eigenvalue weighted by Gasteiger charge is 2.34. The molecule has 18 heavy (non-hydrogen) atoms. The summed E-state index contributed by atoms with van der Waals surface area (Å²) in [6.07, 6.45) is 3.93. The van der Waals surface area contributed by atoms with Crippen molar-refractivity contribution in [1.82, 2.24) is 9.55 Å². The fraction of sp³-hybridized carbons (Fsp3) is 0.231. The molecule has 2 aromatic rings. The van der Waals surface area contributed by atoms with Crippen LogP contribution in [0.4, 0.5) is 4.39 Å². The number of rotatable bonds is 1. The molecule has 0 saturated heterocycles. The first-order valence-corrected chi connectivity index (χ1v) is 5.72. The zero-order valence-electron chi connectivity index (χ0n) is 9.97. The molecule has 1 aromatic heterocycles. The summed E-state index contributed by atoms with van der Waals surface area (Å²) in [6.45, 7) is 1.88. The molecule has 0 radical (unpaired) electrons. The van der Waals surface area contributed by atoms with E-state index in [2.05, 4.69) is 9.98 Å². The van der Waals surface area contributed by atoms with Gasteiger partial charge in [-0.1, -0.05) is 18.2 Å². The lowest BCUT2D eigenvalue weighted by Crippen LogP contribution is -2.37. The lowest BCUT2D eigenvalue weighted by atomic mass is 9.87. The molecule has 92 valence electrons. The Balaban J connectivity index is 2.14. The number of hydrogen-bond donors (Lipinski definition) is 1. The molecule has 0 amide bonds. The molecular formula is C13H13FN4. The predicted octanol–water partition coefficient (Wildman–Crippen LogP) is 1.66. The smallest absolute Gasteiger partial charge is 0.201 e. The molecule has 2 heterocycles. The Morgan fingerprint density at radius 2 is 2.17 bits per heavy atom. The van der Waals surface area contributed by atoms with Crippen LogP contribution in [0.25, 0.3) is 0 Å². The van der Waals surface area contributed by atoms with Gasteiger partial charge in [-0.15, -0.1) is 0 Å². The van der Waals surface area contributed by atoms with E-state index in [-0.39, 0.29) is 5.82 Å². The van der Waals surface area contributed by atoms with Crippen LogP contribution in [0.2, 0.25) is 0 Å². The van der Waals surface area contributed by atoms with Crippen molar-refractivity contribution in [3.05, 3.63) is 53.9 Å². The Kier molecular flexibility index (Phi) is 2.23. The second-order valence-corrected chi connectivity index (χ2v) is 4.66. The summed E-state index contributed by atoms with van der Waals surface area (Å²) in [6, 6.07) is 6.67. The van der Waals surface area contributed by atoms with Gasteiger partial charge in [0.05, 0.1) is 5.54 Å². The Labute approximate surface area is 104 Å². The van der Waals surface area contributed by atoms with Gasteiger partial charge in [-0.25, -0.2) is 14.4 Å². The first-order valence-electron chi connectivity index (χ1n) is 5.72. The largest absolute Gasteiger partial charge is 0.369 e. The third-order valence-electron chi connectivity index (χ3n) is 3.30. The van der Waals surface area contributed by atoms with Gasteiger partial charge < -0.3 is 5.73 Å². The van der Waals surface area contributed by atoms with E-state index in [1.807, 2.05) is 6.92 Å². The highest BCUT2D eigenvalue weighted by molar-refractivity contribution is 5.82. The van der Waals surface area contributed by atoms with Crippen LogP contribution in [0.3, 0.4) is 0 Å². The summed E-state index contributed by atoms with van der Waals surface area (Å²) in [5.41, 5.74) is 6.72. The van der Waals surface area contributed by atoms with E-state index in [9.17, 15) is 4.39 Å². The van der Waals surface area contributed by atoms with Gasteiger partial charge in [0.15, 0.2) is 0 Å².